The van der Waals surface area contributed by atoms with E-state index in [0.29, 0.717) is 0 Å². The molecule has 0 heterocycles. The number of carbonyl (C=O) groups excluding carboxylic acids is 1. The average molecular weight is 287 g/mol. The minimum absolute atomic E-state index is 0.00975. The Morgan fingerprint density at radius 1 is 1.40 bits per heavy atom. The number of hydrogen-bond donors (Lipinski definition) is 2. The van der Waals surface area contributed by atoms with Crippen LogP contribution in [0.4, 0.5) is 13.6 Å². The number of rotatable bonds is 7. The highest BCUT2D eigenvalue weighted by Gasteiger charge is 2.39. The summed E-state index contributed by atoms with van der Waals surface area (Å²) < 4.78 is 32.0. The van der Waals surface area contributed by atoms with E-state index >= 15 is 0 Å². The van der Waals surface area contributed by atoms with Crippen LogP contribution in [-0.4, -0.2) is 29.8 Å². The predicted molar refractivity (Wildman–Crippen MR) is 70.5 cm³/mol. The largest absolute Gasteiger partial charge is 0.445 e. The number of aliphatic hydroxyl groups excluding tert-OH is 1. The van der Waals surface area contributed by atoms with Crippen molar-refractivity contribution >= 4 is 6.09 Å². The minimum atomic E-state index is -3.16. The van der Waals surface area contributed by atoms with Gasteiger partial charge in [-0.3, -0.25) is 0 Å². The summed E-state index contributed by atoms with van der Waals surface area (Å²) in [5.74, 6) is -3.16. The molecule has 1 amide bonds. The second-order valence-electron chi connectivity index (χ2n) is 4.45. The van der Waals surface area contributed by atoms with E-state index in [1.54, 1.807) is 31.2 Å². The summed E-state index contributed by atoms with van der Waals surface area (Å²) in [7, 11) is 0. The number of ether oxygens (including phenoxy) is 1. The van der Waals surface area contributed by atoms with Crippen molar-refractivity contribution < 1.29 is 23.4 Å². The predicted octanol–water partition coefficient (Wildman–Crippen LogP) is 2.71. The lowest BCUT2D eigenvalue weighted by atomic mass is 10.1. The fourth-order valence-corrected chi connectivity index (χ4v) is 1.70. The van der Waals surface area contributed by atoms with Crippen LogP contribution < -0.4 is 5.32 Å². The maximum Gasteiger partial charge on any atom is 0.407 e. The number of aliphatic hydroxyl groups is 1. The number of halogens is 2. The van der Waals surface area contributed by atoms with Gasteiger partial charge in [-0.15, -0.1) is 0 Å². The van der Waals surface area contributed by atoms with E-state index in [1.807, 2.05) is 11.4 Å². The third-order valence-electron chi connectivity index (χ3n) is 2.78. The van der Waals surface area contributed by atoms with Gasteiger partial charge in [0.15, 0.2) is 0 Å². The number of alkyl halides is 2. The molecule has 1 aromatic rings. The summed E-state index contributed by atoms with van der Waals surface area (Å²) in [5.41, 5.74) is 0.753. The molecule has 0 aliphatic heterocycles. The Kier molecular flexibility index (Phi) is 6.38. The Labute approximate surface area is 116 Å². The first kappa shape index (κ1) is 16.4. The molecule has 0 fully saturated rings. The maximum absolute atomic E-state index is 13.6. The lowest BCUT2D eigenvalue weighted by Gasteiger charge is -2.25. The zero-order valence-electron chi connectivity index (χ0n) is 11.3. The quantitative estimate of drug-likeness (QED) is 0.810. The molecule has 20 heavy (non-hydrogen) atoms. The van der Waals surface area contributed by atoms with Crippen molar-refractivity contribution in [2.24, 2.45) is 0 Å². The van der Waals surface area contributed by atoms with Crippen molar-refractivity contribution in [3.8, 4) is 0 Å². The van der Waals surface area contributed by atoms with Gasteiger partial charge in [0.25, 0.3) is 5.92 Å². The third-order valence-corrected chi connectivity index (χ3v) is 2.78. The van der Waals surface area contributed by atoms with Crippen molar-refractivity contribution in [1.29, 1.82) is 0 Å². The molecule has 0 aliphatic carbocycles. The number of carbonyl (C=O) groups is 1. The first-order chi connectivity index (χ1) is 9.49. The number of benzene rings is 1. The van der Waals surface area contributed by atoms with E-state index in [4.69, 9.17) is 9.84 Å². The van der Waals surface area contributed by atoms with E-state index in [9.17, 15) is 13.6 Å². The summed E-state index contributed by atoms with van der Waals surface area (Å²) in [6.45, 7) is 0.758. The van der Waals surface area contributed by atoms with Gasteiger partial charge in [-0.25, -0.2) is 13.6 Å². The molecule has 0 aliphatic rings. The van der Waals surface area contributed by atoms with Gasteiger partial charge < -0.3 is 15.2 Å². The molecule has 0 radical (unpaired) electrons. The lowest BCUT2D eigenvalue weighted by Crippen LogP contribution is -2.50. The second-order valence-corrected chi connectivity index (χ2v) is 4.45. The van der Waals surface area contributed by atoms with E-state index in [-0.39, 0.29) is 13.0 Å². The molecule has 1 rings (SSSR count). The summed E-state index contributed by atoms with van der Waals surface area (Å²) >= 11 is 0. The molecule has 0 saturated heterocycles. The van der Waals surface area contributed by atoms with Crippen LogP contribution in [-0.2, 0) is 11.3 Å². The van der Waals surface area contributed by atoms with Gasteiger partial charge in [0.05, 0.1) is 6.61 Å². The normalized spacial score (nSPS) is 12.8. The Bertz CT molecular complexity index is 412. The number of nitrogens with one attached hydrogen (secondary N) is 1. The van der Waals surface area contributed by atoms with Gasteiger partial charge in [-0.2, -0.15) is 0 Å². The van der Waals surface area contributed by atoms with Crippen LogP contribution in [0, 0.1) is 0 Å². The summed E-state index contributed by atoms with van der Waals surface area (Å²) in [4.78, 5) is 11.5. The van der Waals surface area contributed by atoms with Gasteiger partial charge >= 0.3 is 6.09 Å². The molecule has 1 aromatic carbocycles. The summed E-state index contributed by atoms with van der Waals surface area (Å²) in [5, 5.41) is 11.0. The summed E-state index contributed by atoms with van der Waals surface area (Å²) in [6.07, 6.45) is -1.12. The Morgan fingerprint density at radius 2 is 2.05 bits per heavy atom. The number of amides is 1. The smallest absolute Gasteiger partial charge is 0.407 e. The van der Waals surface area contributed by atoms with Gasteiger partial charge in [0.1, 0.15) is 12.6 Å². The molecule has 0 bridgehead atoms. The van der Waals surface area contributed by atoms with Crippen LogP contribution in [0.3, 0.4) is 0 Å². The van der Waals surface area contributed by atoms with E-state index in [1.165, 1.54) is 0 Å². The molecular weight excluding hydrogens is 268 g/mol. The third kappa shape index (κ3) is 5.13. The highest BCUT2D eigenvalue weighted by molar-refractivity contribution is 5.67. The van der Waals surface area contributed by atoms with Crippen LogP contribution in [0.25, 0.3) is 0 Å². The van der Waals surface area contributed by atoms with Gasteiger partial charge in [-0.05, 0) is 5.56 Å². The highest BCUT2D eigenvalue weighted by Crippen LogP contribution is 2.24. The van der Waals surface area contributed by atoms with Crippen LogP contribution >= 0.6 is 0 Å². The minimum Gasteiger partial charge on any atom is -0.445 e. The maximum atomic E-state index is 13.6. The second kappa shape index (κ2) is 7.79. The molecule has 112 valence electrons. The Morgan fingerprint density at radius 3 is 2.60 bits per heavy atom. The molecule has 2 N–H and O–H groups in total. The topological polar surface area (TPSA) is 58.6 Å². The van der Waals surface area contributed by atoms with Crippen molar-refractivity contribution in [2.45, 2.75) is 38.3 Å². The fraction of sp³-hybridized carbons (Fsp3) is 0.500. The molecule has 0 saturated carbocycles. The zero-order chi connectivity index (χ0) is 15.0. The summed E-state index contributed by atoms with van der Waals surface area (Å²) in [6, 6.07) is 7.25. The first-order valence-electron chi connectivity index (χ1n) is 6.45. The van der Waals surface area contributed by atoms with Gasteiger partial charge in [-0.1, -0.05) is 43.7 Å². The van der Waals surface area contributed by atoms with E-state index in [0.717, 1.165) is 5.56 Å². The van der Waals surface area contributed by atoms with Crippen molar-refractivity contribution in [1.82, 2.24) is 5.32 Å². The fourth-order valence-electron chi connectivity index (χ4n) is 1.70. The van der Waals surface area contributed by atoms with E-state index < -0.39 is 31.1 Å². The molecule has 0 spiro atoms. The Hall–Kier alpha value is -1.69. The van der Waals surface area contributed by atoms with Crippen LogP contribution in [0.1, 0.15) is 25.3 Å². The molecule has 0 unspecified atom stereocenters. The van der Waals surface area contributed by atoms with Crippen molar-refractivity contribution in [3.05, 3.63) is 35.9 Å². The zero-order valence-corrected chi connectivity index (χ0v) is 11.3. The number of hydrogen-bond acceptors (Lipinski definition) is 3. The average Bonchev–Trinajstić information content (AvgIpc) is 2.43. The Balaban J connectivity index is 2.47. The van der Waals surface area contributed by atoms with Gasteiger partial charge in [0.2, 0.25) is 0 Å². The molecular formula is C14H19F2NO3. The van der Waals surface area contributed by atoms with Crippen LogP contribution in [0.15, 0.2) is 30.3 Å². The molecule has 6 heteroatoms. The van der Waals surface area contributed by atoms with Crippen molar-refractivity contribution in [2.75, 3.05) is 6.61 Å². The molecule has 1 atom stereocenters. The van der Waals surface area contributed by atoms with Crippen LogP contribution in [0.2, 0.25) is 0 Å². The van der Waals surface area contributed by atoms with Crippen LogP contribution in [0.5, 0.6) is 0 Å². The highest BCUT2D eigenvalue weighted by atomic mass is 19.3. The first-order valence-corrected chi connectivity index (χ1v) is 6.45. The molecule has 0 aromatic heterocycles. The monoisotopic (exact) mass is 287 g/mol. The van der Waals surface area contributed by atoms with Gasteiger partial charge in [0, 0.05) is 6.42 Å². The van der Waals surface area contributed by atoms with Crippen molar-refractivity contribution in [3.63, 3.8) is 0 Å². The number of alkyl carbamates (subject to hydrolysis) is 1. The SMILES string of the molecule is CCCC(F)(F)[C@@H](CO)NC(=O)OCc1ccccc1. The van der Waals surface area contributed by atoms with E-state index in [2.05, 4.69) is 0 Å². The standard InChI is InChI=1S/C14H19F2NO3/c1-2-8-14(15,16)12(9-18)17-13(19)20-10-11-6-4-3-5-7-11/h3-7,12,18H,2,8-10H2,1H3,(H,17,19)/t12-/m1/s1. The molecule has 4 nitrogen and oxygen atoms in total. The lowest BCUT2D eigenvalue weighted by molar-refractivity contribution is -0.0593.